The van der Waals surface area contributed by atoms with E-state index in [-0.39, 0.29) is 5.91 Å². The van der Waals surface area contributed by atoms with Gasteiger partial charge in [-0.2, -0.15) is 0 Å². The molecule has 0 saturated heterocycles. The highest BCUT2D eigenvalue weighted by molar-refractivity contribution is 5.94. The van der Waals surface area contributed by atoms with E-state index in [9.17, 15) is 4.79 Å². The lowest BCUT2D eigenvalue weighted by molar-refractivity contribution is 0.0951. The second-order valence-electron chi connectivity index (χ2n) is 6.12. The molecule has 0 radical (unpaired) electrons. The lowest BCUT2D eigenvalue weighted by atomic mass is 10.1. The third-order valence-electron chi connectivity index (χ3n) is 4.16. The number of aromatic nitrogens is 1. The number of hydrogen-bond donors (Lipinski definition) is 2. The fraction of sp³-hybridized carbons (Fsp3) is 0.182. The standard InChI is InChI=1S/C22H23N3O2/c1-3-27-20-10-8-19(9-11-20)25-21-14-17(12-13-23-21)22(26)24-15-18-7-5-4-6-16(18)2/h4-14H,3,15H2,1-2H3,(H,23,25)(H,24,26). The second-order valence-corrected chi connectivity index (χ2v) is 6.12. The summed E-state index contributed by atoms with van der Waals surface area (Å²) in [6, 6.07) is 19.1. The van der Waals surface area contributed by atoms with Gasteiger partial charge in [0.1, 0.15) is 11.6 Å². The van der Waals surface area contributed by atoms with Gasteiger partial charge in [0.15, 0.2) is 0 Å². The molecule has 1 amide bonds. The molecule has 0 atom stereocenters. The molecule has 3 aromatic rings. The number of nitrogens with one attached hydrogen (secondary N) is 2. The molecule has 0 aliphatic heterocycles. The highest BCUT2D eigenvalue weighted by atomic mass is 16.5. The highest BCUT2D eigenvalue weighted by Gasteiger charge is 2.08. The molecule has 2 aromatic carbocycles. The summed E-state index contributed by atoms with van der Waals surface area (Å²) < 4.78 is 5.44. The van der Waals surface area contributed by atoms with Crippen LogP contribution in [0.15, 0.2) is 66.9 Å². The van der Waals surface area contributed by atoms with E-state index in [2.05, 4.69) is 15.6 Å². The molecule has 27 heavy (non-hydrogen) atoms. The molecule has 1 aromatic heterocycles. The monoisotopic (exact) mass is 361 g/mol. The molecular weight excluding hydrogens is 338 g/mol. The smallest absolute Gasteiger partial charge is 0.251 e. The number of carbonyl (C=O) groups excluding carboxylic acids is 1. The van der Waals surface area contributed by atoms with E-state index in [0.29, 0.717) is 24.5 Å². The van der Waals surface area contributed by atoms with Gasteiger partial charge in [-0.1, -0.05) is 24.3 Å². The van der Waals surface area contributed by atoms with Crippen molar-refractivity contribution in [2.45, 2.75) is 20.4 Å². The number of rotatable bonds is 7. The molecule has 5 nitrogen and oxygen atoms in total. The Morgan fingerprint density at radius 2 is 1.85 bits per heavy atom. The van der Waals surface area contributed by atoms with Crippen LogP contribution in [-0.2, 0) is 6.54 Å². The lowest BCUT2D eigenvalue weighted by Gasteiger charge is -2.10. The number of pyridine rings is 1. The van der Waals surface area contributed by atoms with Crippen LogP contribution in [0.3, 0.4) is 0 Å². The van der Waals surface area contributed by atoms with Crippen LogP contribution in [0.4, 0.5) is 11.5 Å². The maximum atomic E-state index is 12.5. The van der Waals surface area contributed by atoms with Gasteiger partial charge in [-0.3, -0.25) is 4.79 Å². The molecular formula is C22H23N3O2. The first kappa shape index (κ1) is 18.5. The normalized spacial score (nSPS) is 10.3. The summed E-state index contributed by atoms with van der Waals surface area (Å²) in [5, 5.41) is 6.16. The largest absolute Gasteiger partial charge is 0.494 e. The summed E-state index contributed by atoms with van der Waals surface area (Å²) >= 11 is 0. The summed E-state index contributed by atoms with van der Waals surface area (Å²) in [7, 11) is 0. The minimum absolute atomic E-state index is 0.129. The van der Waals surface area contributed by atoms with Crippen LogP contribution in [0.2, 0.25) is 0 Å². The number of aryl methyl sites for hydroxylation is 1. The second kappa shape index (κ2) is 8.85. The summed E-state index contributed by atoms with van der Waals surface area (Å²) in [4.78, 5) is 16.8. The zero-order valence-corrected chi connectivity index (χ0v) is 15.5. The van der Waals surface area contributed by atoms with Gasteiger partial charge in [0.2, 0.25) is 0 Å². The Morgan fingerprint density at radius 3 is 2.59 bits per heavy atom. The van der Waals surface area contributed by atoms with Gasteiger partial charge in [-0.05, 0) is 61.4 Å². The number of benzene rings is 2. The van der Waals surface area contributed by atoms with E-state index < -0.39 is 0 Å². The zero-order valence-electron chi connectivity index (χ0n) is 15.5. The number of anilines is 2. The van der Waals surface area contributed by atoms with Crippen LogP contribution in [0.5, 0.6) is 5.75 Å². The zero-order chi connectivity index (χ0) is 19.1. The molecule has 5 heteroatoms. The Kier molecular flexibility index (Phi) is 6.05. The van der Waals surface area contributed by atoms with Crippen molar-refractivity contribution >= 4 is 17.4 Å². The highest BCUT2D eigenvalue weighted by Crippen LogP contribution is 2.19. The van der Waals surface area contributed by atoms with E-state index >= 15 is 0 Å². The third kappa shape index (κ3) is 5.07. The van der Waals surface area contributed by atoms with E-state index in [1.165, 1.54) is 0 Å². The Hall–Kier alpha value is -3.34. The molecule has 1 heterocycles. The van der Waals surface area contributed by atoms with Gasteiger partial charge in [-0.25, -0.2) is 4.98 Å². The molecule has 0 fully saturated rings. The minimum Gasteiger partial charge on any atom is -0.494 e. The van der Waals surface area contributed by atoms with Crippen LogP contribution < -0.4 is 15.4 Å². The summed E-state index contributed by atoms with van der Waals surface area (Å²) in [5.41, 5.74) is 3.70. The average molecular weight is 361 g/mol. The SMILES string of the molecule is CCOc1ccc(Nc2cc(C(=O)NCc3ccccc3C)ccn2)cc1. The first-order chi connectivity index (χ1) is 13.2. The fourth-order valence-corrected chi connectivity index (χ4v) is 2.68. The van der Waals surface area contributed by atoms with Crippen LogP contribution in [0, 0.1) is 6.92 Å². The number of ether oxygens (including phenoxy) is 1. The average Bonchev–Trinajstić information content (AvgIpc) is 2.69. The van der Waals surface area contributed by atoms with Gasteiger partial charge in [0.05, 0.1) is 6.61 Å². The van der Waals surface area contributed by atoms with Gasteiger partial charge >= 0.3 is 0 Å². The van der Waals surface area contributed by atoms with Crippen molar-refractivity contribution in [1.82, 2.24) is 10.3 Å². The van der Waals surface area contributed by atoms with Crippen molar-refractivity contribution in [3.8, 4) is 5.75 Å². The lowest BCUT2D eigenvalue weighted by Crippen LogP contribution is -2.23. The van der Waals surface area contributed by atoms with Crippen molar-refractivity contribution in [2.75, 3.05) is 11.9 Å². The molecule has 138 valence electrons. The van der Waals surface area contributed by atoms with Crippen LogP contribution >= 0.6 is 0 Å². The first-order valence-corrected chi connectivity index (χ1v) is 8.94. The number of carbonyl (C=O) groups is 1. The van der Waals surface area contributed by atoms with Crippen LogP contribution in [-0.4, -0.2) is 17.5 Å². The fourth-order valence-electron chi connectivity index (χ4n) is 2.68. The van der Waals surface area contributed by atoms with Crippen molar-refractivity contribution in [2.24, 2.45) is 0 Å². The number of hydrogen-bond acceptors (Lipinski definition) is 4. The maximum Gasteiger partial charge on any atom is 0.251 e. The predicted molar refractivity (Wildman–Crippen MR) is 107 cm³/mol. The number of nitrogens with zero attached hydrogens (tertiary/aromatic N) is 1. The van der Waals surface area contributed by atoms with Crippen molar-refractivity contribution < 1.29 is 9.53 Å². The van der Waals surface area contributed by atoms with Crippen LogP contribution in [0.1, 0.15) is 28.4 Å². The molecule has 0 aliphatic rings. The van der Waals surface area contributed by atoms with Gasteiger partial charge in [0, 0.05) is 24.0 Å². The minimum atomic E-state index is -0.129. The molecule has 0 unspecified atom stereocenters. The van der Waals surface area contributed by atoms with Crippen molar-refractivity contribution in [1.29, 1.82) is 0 Å². The molecule has 0 aliphatic carbocycles. The molecule has 0 bridgehead atoms. The van der Waals surface area contributed by atoms with Gasteiger partial charge < -0.3 is 15.4 Å². The molecule has 0 spiro atoms. The summed E-state index contributed by atoms with van der Waals surface area (Å²) in [6.45, 7) is 5.11. The van der Waals surface area contributed by atoms with E-state index in [0.717, 1.165) is 22.6 Å². The van der Waals surface area contributed by atoms with Gasteiger partial charge in [-0.15, -0.1) is 0 Å². The third-order valence-corrected chi connectivity index (χ3v) is 4.16. The first-order valence-electron chi connectivity index (χ1n) is 8.94. The Labute approximate surface area is 159 Å². The predicted octanol–water partition coefficient (Wildman–Crippen LogP) is 4.46. The summed E-state index contributed by atoms with van der Waals surface area (Å²) in [6.07, 6.45) is 1.62. The van der Waals surface area contributed by atoms with E-state index in [4.69, 9.17) is 4.74 Å². The summed E-state index contributed by atoms with van der Waals surface area (Å²) in [5.74, 6) is 1.30. The van der Waals surface area contributed by atoms with Crippen molar-refractivity contribution in [3.05, 3.63) is 83.6 Å². The van der Waals surface area contributed by atoms with Gasteiger partial charge in [0.25, 0.3) is 5.91 Å². The van der Waals surface area contributed by atoms with E-state index in [1.54, 1.807) is 18.3 Å². The van der Waals surface area contributed by atoms with Crippen LogP contribution in [0.25, 0.3) is 0 Å². The maximum absolute atomic E-state index is 12.5. The Bertz CT molecular complexity index is 907. The molecule has 0 saturated carbocycles. The van der Waals surface area contributed by atoms with Crippen molar-refractivity contribution in [3.63, 3.8) is 0 Å². The number of amides is 1. The topological polar surface area (TPSA) is 63.2 Å². The quantitative estimate of drug-likeness (QED) is 0.652. The molecule has 3 rings (SSSR count). The Morgan fingerprint density at radius 1 is 1.07 bits per heavy atom. The Balaban J connectivity index is 1.64. The van der Waals surface area contributed by atoms with E-state index in [1.807, 2.05) is 62.4 Å². The molecule has 2 N–H and O–H groups in total.